The second-order valence-corrected chi connectivity index (χ2v) is 6.95. The SMILES string of the molecule is CC(C(O)C(C)(C)Cc1ccc(Cl)c(OC(F)(F)F)c1)n1cncn1. The number of rotatable bonds is 6. The molecular weight excluding hydrogens is 359 g/mol. The van der Waals surface area contributed by atoms with E-state index < -0.39 is 23.6 Å². The van der Waals surface area contributed by atoms with E-state index in [2.05, 4.69) is 14.8 Å². The maximum atomic E-state index is 12.4. The van der Waals surface area contributed by atoms with Crippen LogP contribution in [0.4, 0.5) is 13.2 Å². The highest BCUT2D eigenvalue weighted by Crippen LogP contribution is 2.36. The molecule has 0 spiro atoms. The Morgan fingerprint density at radius 1 is 1.32 bits per heavy atom. The molecule has 0 radical (unpaired) electrons. The van der Waals surface area contributed by atoms with Crippen LogP contribution >= 0.6 is 11.6 Å². The molecule has 0 aliphatic rings. The van der Waals surface area contributed by atoms with Crippen LogP contribution in [0.2, 0.25) is 5.02 Å². The maximum Gasteiger partial charge on any atom is 0.573 e. The average molecular weight is 378 g/mol. The first-order chi connectivity index (χ1) is 11.5. The zero-order chi connectivity index (χ0) is 18.8. The van der Waals surface area contributed by atoms with Crippen molar-refractivity contribution in [1.29, 1.82) is 0 Å². The van der Waals surface area contributed by atoms with Crippen LogP contribution in [-0.4, -0.2) is 32.3 Å². The van der Waals surface area contributed by atoms with Gasteiger partial charge in [-0.05, 0) is 36.5 Å². The fourth-order valence-corrected chi connectivity index (χ4v) is 2.87. The van der Waals surface area contributed by atoms with E-state index in [1.807, 2.05) is 13.8 Å². The quantitative estimate of drug-likeness (QED) is 0.826. The van der Waals surface area contributed by atoms with Crippen LogP contribution in [0.5, 0.6) is 5.75 Å². The Kier molecular flexibility index (Phi) is 5.63. The van der Waals surface area contributed by atoms with Gasteiger partial charge in [0, 0.05) is 0 Å². The smallest absolute Gasteiger partial charge is 0.404 e. The van der Waals surface area contributed by atoms with Gasteiger partial charge < -0.3 is 9.84 Å². The summed E-state index contributed by atoms with van der Waals surface area (Å²) < 4.78 is 42.8. The summed E-state index contributed by atoms with van der Waals surface area (Å²) in [5.74, 6) is -0.457. The van der Waals surface area contributed by atoms with Crippen molar-refractivity contribution in [3.05, 3.63) is 41.4 Å². The van der Waals surface area contributed by atoms with Gasteiger partial charge in [0.05, 0.1) is 17.2 Å². The number of alkyl halides is 3. The van der Waals surface area contributed by atoms with Crippen molar-refractivity contribution in [2.75, 3.05) is 0 Å². The Bertz CT molecular complexity index is 705. The van der Waals surface area contributed by atoms with E-state index in [1.165, 1.54) is 29.5 Å². The number of ether oxygens (including phenoxy) is 1. The molecule has 0 fully saturated rings. The van der Waals surface area contributed by atoms with Gasteiger partial charge in [-0.25, -0.2) is 9.67 Å². The lowest BCUT2D eigenvalue weighted by Crippen LogP contribution is -2.38. The summed E-state index contributed by atoms with van der Waals surface area (Å²) in [7, 11) is 0. The van der Waals surface area contributed by atoms with Crippen LogP contribution in [0.3, 0.4) is 0 Å². The molecule has 5 nitrogen and oxygen atoms in total. The summed E-state index contributed by atoms with van der Waals surface area (Å²) in [6, 6.07) is 3.85. The lowest BCUT2D eigenvalue weighted by atomic mass is 9.78. The number of halogens is 4. The maximum absolute atomic E-state index is 12.4. The topological polar surface area (TPSA) is 60.2 Å². The molecule has 2 rings (SSSR count). The Morgan fingerprint density at radius 3 is 2.56 bits per heavy atom. The molecule has 138 valence electrons. The molecule has 0 bridgehead atoms. The predicted octanol–water partition coefficient (Wildman–Crippen LogP) is 4.02. The third kappa shape index (κ3) is 5.09. The van der Waals surface area contributed by atoms with Gasteiger partial charge in [-0.1, -0.05) is 31.5 Å². The van der Waals surface area contributed by atoms with Gasteiger partial charge in [-0.15, -0.1) is 13.2 Å². The van der Waals surface area contributed by atoms with Gasteiger partial charge in [-0.3, -0.25) is 0 Å². The molecule has 0 saturated carbocycles. The molecule has 1 aromatic carbocycles. The first-order valence-electron chi connectivity index (χ1n) is 7.56. The van der Waals surface area contributed by atoms with Crippen LogP contribution in [0.15, 0.2) is 30.9 Å². The summed E-state index contributed by atoms with van der Waals surface area (Å²) in [6.07, 6.45) is -2.44. The van der Waals surface area contributed by atoms with Crippen molar-refractivity contribution in [3.63, 3.8) is 0 Å². The second kappa shape index (κ2) is 7.21. The lowest BCUT2D eigenvalue weighted by molar-refractivity contribution is -0.274. The van der Waals surface area contributed by atoms with E-state index in [4.69, 9.17) is 11.6 Å². The summed E-state index contributed by atoms with van der Waals surface area (Å²) in [5, 5.41) is 14.5. The molecule has 0 saturated heterocycles. The van der Waals surface area contributed by atoms with E-state index in [1.54, 1.807) is 13.0 Å². The number of aromatic nitrogens is 3. The molecule has 9 heteroatoms. The Balaban J connectivity index is 2.18. The van der Waals surface area contributed by atoms with E-state index in [0.717, 1.165) is 0 Å². The highest BCUT2D eigenvalue weighted by atomic mass is 35.5. The van der Waals surface area contributed by atoms with Gasteiger partial charge in [0.2, 0.25) is 0 Å². The number of nitrogens with zero attached hydrogens (tertiary/aromatic N) is 3. The van der Waals surface area contributed by atoms with Crippen LogP contribution < -0.4 is 4.74 Å². The number of hydrogen-bond acceptors (Lipinski definition) is 4. The Morgan fingerprint density at radius 2 is 2.00 bits per heavy atom. The molecule has 0 aliphatic carbocycles. The molecule has 25 heavy (non-hydrogen) atoms. The van der Waals surface area contributed by atoms with Crippen molar-refractivity contribution in [2.24, 2.45) is 5.41 Å². The van der Waals surface area contributed by atoms with Crippen LogP contribution in [0, 0.1) is 5.41 Å². The Labute approximate surface area is 148 Å². The van der Waals surface area contributed by atoms with Crippen molar-refractivity contribution in [3.8, 4) is 5.75 Å². The van der Waals surface area contributed by atoms with E-state index in [-0.39, 0.29) is 11.1 Å². The van der Waals surface area contributed by atoms with Crippen molar-refractivity contribution >= 4 is 11.6 Å². The molecule has 2 aromatic rings. The number of aliphatic hydroxyl groups excluding tert-OH is 1. The minimum absolute atomic E-state index is 0.129. The predicted molar refractivity (Wildman–Crippen MR) is 86.4 cm³/mol. The summed E-state index contributed by atoms with van der Waals surface area (Å²) >= 11 is 5.76. The fraction of sp³-hybridized carbons (Fsp3) is 0.500. The summed E-state index contributed by atoms with van der Waals surface area (Å²) in [5.41, 5.74) is -0.0761. The second-order valence-electron chi connectivity index (χ2n) is 6.54. The number of benzene rings is 1. The third-order valence-electron chi connectivity index (χ3n) is 3.99. The van der Waals surface area contributed by atoms with Crippen molar-refractivity contribution in [2.45, 2.75) is 45.7 Å². The Hall–Kier alpha value is -1.80. The highest BCUT2D eigenvalue weighted by Gasteiger charge is 2.35. The normalized spacial score (nSPS) is 15.0. The molecular formula is C16H19ClF3N3O2. The lowest BCUT2D eigenvalue weighted by Gasteiger charge is -2.34. The standard InChI is InChI=1S/C16H19ClF3N3O2/c1-10(23-9-21-8-22-23)14(24)15(2,3)7-11-4-5-12(17)13(6-11)25-16(18,19)20/h4-6,8-10,14,24H,7H2,1-3H3. The molecule has 0 aliphatic heterocycles. The molecule has 1 N–H and O–H groups in total. The molecule has 1 aromatic heterocycles. The number of hydrogen-bond donors (Lipinski definition) is 1. The van der Waals surface area contributed by atoms with E-state index in [0.29, 0.717) is 12.0 Å². The zero-order valence-electron chi connectivity index (χ0n) is 14.0. The minimum Gasteiger partial charge on any atom is -0.404 e. The summed E-state index contributed by atoms with van der Waals surface area (Å²) in [4.78, 5) is 3.85. The van der Waals surface area contributed by atoms with Gasteiger partial charge in [0.15, 0.2) is 0 Å². The van der Waals surface area contributed by atoms with Crippen LogP contribution in [0.25, 0.3) is 0 Å². The van der Waals surface area contributed by atoms with Gasteiger partial charge >= 0.3 is 6.36 Å². The van der Waals surface area contributed by atoms with Crippen molar-refractivity contribution in [1.82, 2.24) is 14.8 Å². The van der Waals surface area contributed by atoms with Crippen molar-refractivity contribution < 1.29 is 23.0 Å². The third-order valence-corrected chi connectivity index (χ3v) is 4.30. The molecule has 0 amide bonds. The first kappa shape index (κ1) is 19.5. The first-order valence-corrected chi connectivity index (χ1v) is 7.94. The number of aliphatic hydroxyl groups is 1. The largest absolute Gasteiger partial charge is 0.573 e. The highest BCUT2D eigenvalue weighted by molar-refractivity contribution is 6.32. The monoisotopic (exact) mass is 377 g/mol. The van der Waals surface area contributed by atoms with Gasteiger partial charge in [0.1, 0.15) is 18.4 Å². The van der Waals surface area contributed by atoms with E-state index >= 15 is 0 Å². The zero-order valence-corrected chi connectivity index (χ0v) is 14.7. The van der Waals surface area contributed by atoms with Gasteiger partial charge in [-0.2, -0.15) is 5.10 Å². The molecule has 2 unspecified atom stereocenters. The average Bonchev–Trinajstić information content (AvgIpc) is 3.01. The molecule has 2 atom stereocenters. The van der Waals surface area contributed by atoms with Crippen LogP contribution in [0.1, 0.15) is 32.4 Å². The fourth-order valence-electron chi connectivity index (χ4n) is 2.72. The van der Waals surface area contributed by atoms with Gasteiger partial charge in [0.25, 0.3) is 0 Å². The van der Waals surface area contributed by atoms with E-state index in [9.17, 15) is 18.3 Å². The minimum atomic E-state index is -4.82. The summed E-state index contributed by atoms with van der Waals surface area (Å²) in [6.45, 7) is 5.44. The van der Waals surface area contributed by atoms with Crippen LogP contribution in [-0.2, 0) is 6.42 Å². The molecule has 1 heterocycles.